The van der Waals surface area contributed by atoms with Gasteiger partial charge in [0.2, 0.25) is 0 Å². The predicted molar refractivity (Wildman–Crippen MR) is 56.2 cm³/mol. The normalized spacial score (nSPS) is 21.2. The zero-order valence-corrected chi connectivity index (χ0v) is 9.19. The first kappa shape index (κ1) is 9.31. The summed E-state index contributed by atoms with van der Waals surface area (Å²) < 4.78 is 0.584. The molecule has 0 spiro atoms. The van der Waals surface area contributed by atoms with Gasteiger partial charge in [0, 0.05) is 11.6 Å². The standard InChI is InChI=1S/C9H9BrClNO/c10-8-6(11)2-1-5(9(8)13)7-3-4-12-7/h1-2,7,12-13H,3-4H2/t7-/m1/s1. The second kappa shape index (κ2) is 3.48. The van der Waals surface area contributed by atoms with E-state index in [1.54, 1.807) is 6.07 Å². The van der Waals surface area contributed by atoms with Crippen LogP contribution in [0.15, 0.2) is 16.6 Å². The molecule has 1 heterocycles. The maximum atomic E-state index is 9.74. The first-order valence-corrected chi connectivity index (χ1v) is 5.27. The van der Waals surface area contributed by atoms with Crippen molar-refractivity contribution in [1.82, 2.24) is 5.32 Å². The molecule has 1 fully saturated rings. The molecule has 1 aromatic rings. The number of hydrogen-bond donors (Lipinski definition) is 2. The summed E-state index contributed by atoms with van der Waals surface area (Å²) in [4.78, 5) is 0. The maximum absolute atomic E-state index is 9.74. The summed E-state index contributed by atoms with van der Waals surface area (Å²) in [7, 11) is 0. The molecule has 0 aromatic heterocycles. The minimum absolute atomic E-state index is 0.254. The van der Waals surface area contributed by atoms with Crippen LogP contribution >= 0.6 is 27.5 Å². The van der Waals surface area contributed by atoms with Gasteiger partial charge in [-0.1, -0.05) is 17.7 Å². The molecule has 1 aliphatic rings. The average Bonchev–Trinajstić information content (AvgIpc) is 2.03. The van der Waals surface area contributed by atoms with Crippen molar-refractivity contribution < 1.29 is 5.11 Å². The lowest BCUT2D eigenvalue weighted by Gasteiger charge is -2.28. The molecule has 2 nitrogen and oxygen atoms in total. The molecule has 0 unspecified atom stereocenters. The highest BCUT2D eigenvalue weighted by atomic mass is 79.9. The third-order valence-corrected chi connectivity index (χ3v) is 3.65. The van der Waals surface area contributed by atoms with Gasteiger partial charge in [-0.05, 0) is 35.0 Å². The fourth-order valence-electron chi connectivity index (χ4n) is 1.39. The zero-order chi connectivity index (χ0) is 9.42. The van der Waals surface area contributed by atoms with Crippen molar-refractivity contribution in [1.29, 1.82) is 0 Å². The molecule has 2 N–H and O–H groups in total. The molecule has 0 amide bonds. The van der Waals surface area contributed by atoms with Crippen LogP contribution in [0, 0.1) is 0 Å². The van der Waals surface area contributed by atoms with Gasteiger partial charge in [-0.2, -0.15) is 0 Å². The molecule has 1 atom stereocenters. The van der Waals surface area contributed by atoms with Crippen molar-refractivity contribution in [2.24, 2.45) is 0 Å². The SMILES string of the molecule is Oc1c([C@H]2CCN2)ccc(Cl)c1Br. The van der Waals surface area contributed by atoms with E-state index in [0.717, 1.165) is 18.5 Å². The Hall–Kier alpha value is -0.250. The Morgan fingerprint density at radius 1 is 1.54 bits per heavy atom. The summed E-state index contributed by atoms with van der Waals surface area (Å²) in [6.45, 7) is 1.02. The van der Waals surface area contributed by atoms with Crippen LogP contribution in [0.25, 0.3) is 0 Å². The molecule has 70 valence electrons. The maximum Gasteiger partial charge on any atom is 0.136 e. The quantitative estimate of drug-likeness (QED) is 0.816. The van der Waals surface area contributed by atoms with Crippen LogP contribution < -0.4 is 5.32 Å². The molecule has 13 heavy (non-hydrogen) atoms. The van der Waals surface area contributed by atoms with Gasteiger partial charge in [0.15, 0.2) is 0 Å². The minimum Gasteiger partial charge on any atom is -0.506 e. The van der Waals surface area contributed by atoms with Crippen LogP contribution in [0.2, 0.25) is 5.02 Å². The first-order chi connectivity index (χ1) is 6.20. The fraction of sp³-hybridized carbons (Fsp3) is 0.333. The molecular weight excluding hydrogens is 253 g/mol. The fourth-order valence-corrected chi connectivity index (χ4v) is 1.90. The lowest BCUT2D eigenvalue weighted by atomic mass is 9.97. The smallest absolute Gasteiger partial charge is 0.136 e. The van der Waals surface area contributed by atoms with E-state index >= 15 is 0 Å². The molecule has 0 saturated carbocycles. The molecular formula is C9H9BrClNO. The second-order valence-corrected chi connectivity index (χ2v) is 4.29. The highest BCUT2D eigenvalue weighted by Gasteiger charge is 2.23. The number of nitrogens with one attached hydrogen (secondary N) is 1. The molecule has 1 aliphatic heterocycles. The minimum atomic E-state index is 0.254. The van der Waals surface area contributed by atoms with E-state index < -0.39 is 0 Å². The van der Waals surface area contributed by atoms with Gasteiger partial charge in [-0.15, -0.1) is 0 Å². The van der Waals surface area contributed by atoms with Crippen molar-refractivity contribution in [3.8, 4) is 5.75 Å². The number of phenolic OH excluding ortho intramolecular Hbond substituents is 1. The van der Waals surface area contributed by atoms with Crippen molar-refractivity contribution in [3.05, 3.63) is 27.2 Å². The topological polar surface area (TPSA) is 32.3 Å². The van der Waals surface area contributed by atoms with Crippen LogP contribution in [0.4, 0.5) is 0 Å². The summed E-state index contributed by atoms with van der Waals surface area (Å²) in [6, 6.07) is 3.94. The van der Waals surface area contributed by atoms with Crippen molar-refractivity contribution in [3.63, 3.8) is 0 Å². The first-order valence-electron chi connectivity index (χ1n) is 4.10. The number of rotatable bonds is 1. The summed E-state index contributed by atoms with van der Waals surface area (Å²) in [5.74, 6) is 0.254. The molecule has 0 radical (unpaired) electrons. The molecule has 0 bridgehead atoms. The summed E-state index contributed by atoms with van der Waals surface area (Å²) >= 11 is 9.07. The van der Waals surface area contributed by atoms with E-state index in [4.69, 9.17) is 11.6 Å². The van der Waals surface area contributed by atoms with Crippen LogP contribution in [0.5, 0.6) is 5.75 Å². The third-order valence-electron chi connectivity index (χ3n) is 2.30. The van der Waals surface area contributed by atoms with E-state index in [1.165, 1.54) is 0 Å². The van der Waals surface area contributed by atoms with E-state index in [0.29, 0.717) is 9.50 Å². The van der Waals surface area contributed by atoms with E-state index in [2.05, 4.69) is 21.2 Å². The number of benzene rings is 1. The molecule has 1 aromatic carbocycles. The Morgan fingerprint density at radius 3 is 2.77 bits per heavy atom. The monoisotopic (exact) mass is 261 g/mol. The van der Waals surface area contributed by atoms with E-state index in [1.807, 2.05) is 6.07 Å². The van der Waals surface area contributed by atoms with Gasteiger partial charge in [-0.3, -0.25) is 0 Å². The Bertz CT molecular complexity index is 339. The summed E-state index contributed by atoms with van der Waals surface area (Å²) in [6.07, 6.45) is 1.07. The lowest BCUT2D eigenvalue weighted by molar-refractivity contribution is 0.364. The molecule has 1 saturated heterocycles. The van der Waals surface area contributed by atoms with Gasteiger partial charge >= 0.3 is 0 Å². The number of hydrogen-bond acceptors (Lipinski definition) is 2. The van der Waals surface area contributed by atoms with Gasteiger partial charge in [0.25, 0.3) is 0 Å². The van der Waals surface area contributed by atoms with Crippen molar-refractivity contribution in [2.75, 3.05) is 6.54 Å². The summed E-state index contributed by atoms with van der Waals surface area (Å²) in [5, 5.41) is 13.5. The Balaban J connectivity index is 2.41. The zero-order valence-electron chi connectivity index (χ0n) is 6.85. The number of aromatic hydroxyl groups is 1. The highest BCUT2D eigenvalue weighted by molar-refractivity contribution is 9.10. The van der Waals surface area contributed by atoms with Gasteiger partial charge in [0.1, 0.15) is 5.75 Å². The van der Waals surface area contributed by atoms with Gasteiger partial charge < -0.3 is 10.4 Å². The van der Waals surface area contributed by atoms with Crippen molar-refractivity contribution in [2.45, 2.75) is 12.5 Å². The van der Waals surface area contributed by atoms with Crippen molar-refractivity contribution >= 4 is 27.5 Å². The number of halogens is 2. The Morgan fingerprint density at radius 2 is 2.23 bits per heavy atom. The lowest BCUT2D eigenvalue weighted by Crippen LogP contribution is -2.34. The predicted octanol–water partition coefficient (Wildman–Crippen LogP) is 2.84. The van der Waals surface area contributed by atoms with Crippen LogP contribution in [-0.2, 0) is 0 Å². The van der Waals surface area contributed by atoms with Gasteiger partial charge in [0.05, 0.1) is 9.50 Å². The Kier molecular flexibility index (Phi) is 2.49. The molecule has 4 heteroatoms. The second-order valence-electron chi connectivity index (χ2n) is 3.09. The van der Waals surface area contributed by atoms with E-state index in [-0.39, 0.29) is 11.8 Å². The summed E-state index contributed by atoms with van der Waals surface area (Å²) in [5.41, 5.74) is 0.919. The average molecular weight is 263 g/mol. The third kappa shape index (κ3) is 1.56. The Labute approximate surface area is 90.0 Å². The van der Waals surface area contributed by atoms with E-state index in [9.17, 15) is 5.11 Å². The molecule has 0 aliphatic carbocycles. The van der Waals surface area contributed by atoms with Crippen LogP contribution in [0.1, 0.15) is 18.0 Å². The largest absolute Gasteiger partial charge is 0.506 e. The van der Waals surface area contributed by atoms with Gasteiger partial charge in [-0.25, -0.2) is 0 Å². The molecule has 2 rings (SSSR count). The van der Waals surface area contributed by atoms with Crippen LogP contribution in [0.3, 0.4) is 0 Å². The number of phenols is 1. The van der Waals surface area contributed by atoms with Crippen LogP contribution in [-0.4, -0.2) is 11.7 Å². The highest BCUT2D eigenvalue weighted by Crippen LogP contribution is 2.39.